The number of amides is 2. The molecule has 2 N–H and O–H groups in total. The van der Waals surface area contributed by atoms with Gasteiger partial charge in [0.15, 0.2) is 6.61 Å². The molecule has 102 valence electrons. The van der Waals surface area contributed by atoms with Crippen LogP contribution in [0.15, 0.2) is 54.9 Å². The molecule has 0 radical (unpaired) electrons. The van der Waals surface area contributed by atoms with Crippen molar-refractivity contribution >= 4 is 11.8 Å². The van der Waals surface area contributed by atoms with Gasteiger partial charge in [-0.25, -0.2) is 0 Å². The van der Waals surface area contributed by atoms with Gasteiger partial charge in [0.1, 0.15) is 5.75 Å². The van der Waals surface area contributed by atoms with Crippen LogP contribution < -0.4 is 15.6 Å². The summed E-state index contributed by atoms with van der Waals surface area (Å²) in [6.07, 6.45) is 2.96. The molecule has 6 nitrogen and oxygen atoms in total. The van der Waals surface area contributed by atoms with E-state index in [1.807, 2.05) is 6.07 Å². The molecule has 0 fully saturated rings. The predicted molar refractivity (Wildman–Crippen MR) is 71.8 cm³/mol. The molecule has 1 aromatic carbocycles. The van der Waals surface area contributed by atoms with Crippen LogP contribution in [0, 0.1) is 0 Å². The van der Waals surface area contributed by atoms with Crippen LogP contribution in [0.5, 0.6) is 5.75 Å². The summed E-state index contributed by atoms with van der Waals surface area (Å²) < 4.78 is 5.23. The Morgan fingerprint density at radius 3 is 2.55 bits per heavy atom. The first kappa shape index (κ1) is 13.5. The van der Waals surface area contributed by atoms with E-state index >= 15 is 0 Å². The first-order valence-electron chi connectivity index (χ1n) is 5.93. The lowest BCUT2D eigenvalue weighted by molar-refractivity contribution is -0.123. The van der Waals surface area contributed by atoms with E-state index in [4.69, 9.17) is 4.74 Å². The van der Waals surface area contributed by atoms with Gasteiger partial charge in [-0.1, -0.05) is 18.2 Å². The molecule has 1 aromatic heterocycles. The van der Waals surface area contributed by atoms with Crippen LogP contribution in [0.2, 0.25) is 0 Å². The zero-order chi connectivity index (χ0) is 14.2. The predicted octanol–water partition coefficient (Wildman–Crippen LogP) is 0.922. The van der Waals surface area contributed by atoms with Crippen LogP contribution >= 0.6 is 0 Å². The average molecular weight is 271 g/mol. The second-order valence-corrected chi connectivity index (χ2v) is 3.85. The number of hydrazine groups is 1. The van der Waals surface area contributed by atoms with E-state index in [0.29, 0.717) is 11.3 Å². The normalized spacial score (nSPS) is 9.60. The lowest BCUT2D eigenvalue weighted by atomic mass is 10.3. The first-order chi connectivity index (χ1) is 9.75. The van der Waals surface area contributed by atoms with Gasteiger partial charge in [-0.05, 0) is 24.3 Å². The quantitative estimate of drug-likeness (QED) is 0.810. The van der Waals surface area contributed by atoms with E-state index in [2.05, 4.69) is 15.8 Å². The van der Waals surface area contributed by atoms with Crippen LogP contribution in [-0.2, 0) is 4.79 Å². The third-order valence-electron chi connectivity index (χ3n) is 2.35. The highest BCUT2D eigenvalue weighted by Gasteiger charge is 2.07. The van der Waals surface area contributed by atoms with Crippen LogP contribution in [0.1, 0.15) is 10.4 Å². The van der Waals surface area contributed by atoms with Crippen LogP contribution in [0.4, 0.5) is 0 Å². The van der Waals surface area contributed by atoms with Crippen LogP contribution in [0.25, 0.3) is 0 Å². The molecule has 20 heavy (non-hydrogen) atoms. The summed E-state index contributed by atoms with van der Waals surface area (Å²) in [7, 11) is 0. The fraction of sp³-hybridized carbons (Fsp3) is 0.0714. The third-order valence-corrected chi connectivity index (χ3v) is 2.35. The molecule has 0 atom stereocenters. The number of carbonyl (C=O) groups is 2. The van der Waals surface area contributed by atoms with Gasteiger partial charge in [0.2, 0.25) is 0 Å². The van der Waals surface area contributed by atoms with Crippen molar-refractivity contribution in [3.05, 3.63) is 60.4 Å². The van der Waals surface area contributed by atoms with Gasteiger partial charge in [-0.15, -0.1) is 0 Å². The van der Waals surface area contributed by atoms with Gasteiger partial charge in [0.25, 0.3) is 11.8 Å². The minimum Gasteiger partial charge on any atom is -0.484 e. The maximum atomic E-state index is 11.6. The monoisotopic (exact) mass is 271 g/mol. The largest absolute Gasteiger partial charge is 0.484 e. The van der Waals surface area contributed by atoms with E-state index in [1.54, 1.807) is 42.6 Å². The van der Waals surface area contributed by atoms with E-state index in [0.717, 1.165) is 0 Å². The van der Waals surface area contributed by atoms with Crippen molar-refractivity contribution < 1.29 is 14.3 Å². The average Bonchev–Trinajstić information content (AvgIpc) is 2.52. The van der Waals surface area contributed by atoms with Crippen molar-refractivity contribution in [1.29, 1.82) is 0 Å². The summed E-state index contributed by atoms with van der Waals surface area (Å²) in [5, 5.41) is 0. The molecular formula is C14H13N3O3. The number of hydrogen-bond donors (Lipinski definition) is 2. The van der Waals surface area contributed by atoms with Gasteiger partial charge in [0.05, 0.1) is 5.56 Å². The number of para-hydroxylation sites is 1. The van der Waals surface area contributed by atoms with E-state index in [1.165, 1.54) is 6.20 Å². The minimum atomic E-state index is -0.453. The Morgan fingerprint density at radius 2 is 1.85 bits per heavy atom. The molecule has 2 rings (SSSR count). The van der Waals surface area contributed by atoms with Gasteiger partial charge in [-0.3, -0.25) is 25.4 Å². The second kappa shape index (κ2) is 6.89. The zero-order valence-electron chi connectivity index (χ0n) is 10.6. The Morgan fingerprint density at radius 1 is 1.05 bits per heavy atom. The molecule has 1 heterocycles. The summed E-state index contributed by atoms with van der Waals surface area (Å²) in [5.74, 6) is -0.307. The van der Waals surface area contributed by atoms with Gasteiger partial charge >= 0.3 is 0 Å². The number of pyridine rings is 1. The van der Waals surface area contributed by atoms with Crippen molar-refractivity contribution in [3.63, 3.8) is 0 Å². The lowest BCUT2D eigenvalue weighted by Crippen LogP contribution is -2.43. The van der Waals surface area contributed by atoms with E-state index in [9.17, 15) is 9.59 Å². The first-order valence-corrected chi connectivity index (χ1v) is 5.93. The number of ether oxygens (including phenoxy) is 1. The highest BCUT2D eigenvalue weighted by atomic mass is 16.5. The molecule has 0 bridgehead atoms. The van der Waals surface area contributed by atoms with Gasteiger partial charge in [0, 0.05) is 12.4 Å². The minimum absolute atomic E-state index is 0.183. The number of nitrogens with one attached hydrogen (secondary N) is 2. The Hall–Kier alpha value is -2.89. The SMILES string of the molecule is O=C(COc1ccccc1)NNC(=O)c1cccnc1. The molecular weight excluding hydrogens is 258 g/mol. The van der Waals surface area contributed by atoms with Crippen LogP contribution in [-0.4, -0.2) is 23.4 Å². The fourth-order valence-electron chi connectivity index (χ4n) is 1.40. The molecule has 0 unspecified atom stereocenters. The standard InChI is InChI=1S/C14H13N3O3/c18-13(10-20-12-6-2-1-3-7-12)16-17-14(19)11-5-4-8-15-9-11/h1-9H,10H2,(H,16,18)(H,17,19). The van der Waals surface area contributed by atoms with Crippen molar-refractivity contribution in [1.82, 2.24) is 15.8 Å². The summed E-state index contributed by atoms with van der Waals surface area (Å²) in [4.78, 5) is 26.9. The van der Waals surface area contributed by atoms with Gasteiger partial charge in [-0.2, -0.15) is 0 Å². The maximum absolute atomic E-state index is 11.6. The molecule has 2 aromatic rings. The number of benzene rings is 1. The highest BCUT2D eigenvalue weighted by molar-refractivity contribution is 5.95. The molecule has 0 saturated carbocycles. The molecule has 0 aliphatic rings. The molecule has 2 amide bonds. The van der Waals surface area contributed by atoms with Crippen molar-refractivity contribution in [3.8, 4) is 5.75 Å². The molecule has 0 aliphatic heterocycles. The Balaban J connectivity index is 1.74. The molecule has 0 saturated heterocycles. The van der Waals surface area contributed by atoms with Crippen LogP contribution in [0.3, 0.4) is 0 Å². The topological polar surface area (TPSA) is 80.3 Å². The Labute approximate surface area is 115 Å². The summed E-state index contributed by atoms with van der Waals surface area (Å²) in [6.45, 7) is -0.183. The molecule has 6 heteroatoms. The summed E-state index contributed by atoms with van der Waals surface area (Å²) in [6, 6.07) is 12.2. The van der Waals surface area contributed by atoms with Crippen molar-refractivity contribution in [2.45, 2.75) is 0 Å². The van der Waals surface area contributed by atoms with Crippen molar-refractivity contribution in [2.24, 2.45) is 0 Å². The smallest absolute Gasteiger partial charge is 0.276 e. The maximum Gasteiger partial charge on any atom is 0.276 e. The molecule has 0 spiro atoms. The number of aromatic nitrogens is 1. The number of carbonyl (C=O) groups excluding carboxylic acids is 2. The van der Waals surface area contributed by atoms with Gasteiger partial charge < -0.3 is 4.74 Å². The van der Waals surface area contributed by atoms with Crippen molar-refractivity contribution in [2.75, 3.05) is 6.61 Å². The fourth-order valence-corrected chi connectivity index (χ4v) is 1.40. The zero-order valence-corrected chi connectivity index (χ0v) is 10.6. The molecule has 0 aliphatic carbocycles. The number of hydrogen-bond acceptors (Lipinski definition) is 4. The number of rotatable bonds is 4. The Bertz CT molecular complexity index is 573. The summed E-state index contributed by atoms with van der Waals surface area (Å²) in [5.41, 5.74) is 4.89. The summed E-state index contributed by atoms with van der Waals surface area (Å²) >= 11 is 0. The number of nitrogens with zero attached hydrogens (tertiary/aromatic N) is 1. The van der Waals surface area contributed by atoms with E-state index in [-0.39, 0.29) is 6.61 Å². The third kappa shape index (κ3) is 4.09. The van der Waals surface area contributed by atoms with E-state index < -0.39 is 11.8 Å². The lowest BCUT2D eigenvalue weighted by Gasteiger charge is -2.08. The second-order valence-electron chi connectivity index (χ2n) is 3.85. The highest BCUT2D eigenvalue weighted by Crippen LogP contribution is 2.07. The Kier molecular flexibility index (Phi) is 4.66.